The van der Waals surface area contributed by atoms with Crippen LogP contribution in [0.3, 0.4) is 0 Å². The molecule has 0 saturated heterocycles. The lowest BCUT2D eigenvalue weighted by Gasteiger charge is -2.09. The van der Waals surface area contributed by atoms with Crippen LogP contribution in [0.15, 0.2) is 27.4 Å². The summed E-state index contributed by atoms with van der Waals surface area (Å²) >= 11 is 0. The molecule has 5 heteroatoms. The maximum absolute atomic E-state index is 12.1. The summed E-state index contributed by atoms with van der Waals surface area (Å²) in [6.07, 6.45) is 1.44. The number of hydrogen-bond acceptors (Lipinski definition) is 4. The molecule has 1 aliphatic carbocycles. The van der Waals surface area contributed by atoms with E-state index < -0.39 is 11.2 Å². The first-order valence-corrected chi connectivity index (χ1v) is 5.43. The SMILES string of the molecule is O=C(c1ccc2[nH]c(=O)oc2c1)C1(CO)CC1. The van der Waals surface area contributed by atoms with Crippen LogP contribution in [0.4, 0.5) is 0 Å². The van der Waals surface area contributed by atoms with Gasteiger partial charge in [-0.15, -0.1) is 0 Å². The molecule has 0 bridgehead atoms. The van der Waals surface area contributed by atoms with Crippen molar-refractivity contribution in [2.75, 3.05) is 6.61 Å². The summed E-state index contributed by atoms with van der Waals surface area (Å²) in [7, 11) is 0. The van der Waals surface area contributed by atoms with Gasteiger partial charge in [0.1, 0.15) is 0 Å². The van der Waals surface area contributed by atoms with Crippen LogP contribution in [0.5, 0.6) is 0 Å². The number of aliphatic hydroxyl groups is 1. The van der Waals surface area contributed by atoms with Gasteiger partial charge in [0.2, 0.25) is 0 Å². The highest BCUT2D eigenvalue weighted by atomic mass is 16.4. The molecule has 2 aromatic rings. The Morgan fingerprint density at radius 1 is 1.47 bits per heavy atom. The van der Waals surface area contributed by atoms with Crippen molar-refractivity contribution < 1.29 is 14.3 Å². The number of carbonyl (C=O) groups is 1. The number of aromatic nitrogens is 1. The van der Waals surface area contributed by atoms with Crippen molar-refractivity contribution in [2.45, 2.75) is 12.8 Å². The van der Waals surface area contributed by atoms with Gasteiger partial charge >= 0.3 is 5.76 Å². The highest BCUT2D eigenvalue weighted by Crippen LogP contribution is 2.47. The predicted octanol–water partition coefficient (Wildman–Crippen LogP) is 1.08. The third-order valence-electron chi connectivity index (χ3n) is 3.32. The zero-order valence-electron chi connectivity index (χ0n) is 9.03. The molecular weight excluding hydrogens is 222 g/mol. The van der Waals surface area contributed by atoms with E-state index in [-0.39, 0.29) is 12.4 Å². The van der Waals surface area contributed by atoms with E-state index in [0.717, 1.165) is 12.8 Å². The van der Waals surface area contributed by atoms with Gasteiger partial charge in [0.15, 0.2) is 11.4 Å². The molecule has 1 heterocycles. The first-order valence-electron chi connectivity index (χ1n) is 5.43. The van der Waals surface area contributed by atoms with E-state index in [1.807, 2.05) is 0 Å². The summed E-state index contributed by atoms with van der Waals surface area (Å²) in [5, 5.41) is 9.21. The van der Waals surface area contributed by atoms with Crippen LogP contribution in [-0.4, -0.2) is 22.5 Å². The fourth-order valence-corrected chi connectivity index (χ4v) is 2.00. The number of nitrogens with one attached hydrogen (secondary N) is 1. The third-order valence-corrected chi connectivity index (χ3v) is 3.32. The van der Waals surface area contributed by atoms with E-state index >= 15 is 0 Å². The normalized spacial score (nSPS) is 17.2. The summed E-state index contributed by atoms with van der Waals surface area (Å²) in [5.74, 6) is -0.612. The summed E-state index contributed by atoms with van der Waals surface area (Å²) in [6.45, 7) is -0.124. The number of oxazole rings is 1. The van der Waals surface area contributed by atoms with Crippen LogP contribution < -0.4 is 5.76 Å². The molecule has 0 unspecified atom stereocenters. The highest BCUT2D eigenvalue weighted by Gasteiger charge is 2.49. The zero-order chi connectivity index (χ0) is 12.0. The Labute approximate surface area is 96.1 Å². The molecule has 0 radical (unpaired) electrons. The Kier molecular flexibility index (Phi) is 2.00. The average Bonchev–Trinajstić information content (AvgIpc) is 3.03. The molecule has 17 heavy (non-hydrogen) atoms. The van der Waals surface area contributed by atoms with Crippen molar-refractivity contribution >= 4 is 16.9 Å². The molecule has 0 spiro atoms. The monoisotopic (exact) mass is 233 g/mol. The zero-order valence-corrected chi connectivity index (χ0v) is 9.03. The van der Waals surface area contributed by atoms with Gasteiger partial charge in [-0.3, -0.25) is 9.78 Å². The Hall–Kier alpha value is -1.88. The van der Waals surface area contributed by atoms with Crippen LogP contribution >= 0.6 is 0 Å². The van der Waals surface area contributed by atoms with Gasteiger partial charge in [-0.1, -0.05) is 0 Å². The maximum Gasteiger partial charge on any atom is 0.417 e. The maximum atomic E-state index is 12.1. The number of fused-ring (bicyclic) bond motifs is 1. The smallest absolute Gasteiger partial charge is 0.408 e. The highest BCUT2D eigenvalue weighted by molar-refractivity contribution is 6.04. The number of ketones is 1. The van der Waals surface area contributed by atoms with E-state index in [9.17, 15) is 14.7 Å². The first kappa shape index (κ1) is 10.3. The summed E-state index contributed by atoms with van der Waals surface area (Å²) < 4.78 is 4.90. The van der Waals surface area contributed by atoms with E-state index in [0.29, 0.717) is 16.7 Å². The van der Waals surface area contributed by atoms with Gasteiger partial charge in [0.25, 0.3) is 0 Å². The molecular formula is C12H11NO4. The van der Waals surface area contributed by atoms with E-state index in [1.54, 1.807) is 18.2 Å². The number of Topliss-reactive ketones (excluding diaryl/α,β-unsaturated/α-hetero) is 1. The minimum atomic E-state index is -0.593. The molecule has 0 amide bonds. The van der Waals surface area contributed by atoms with Crippen LogP contribution in [0, 0.1) is 5.41 Å². The fraction of sp³-hybridized carbons (Fsp3) is 0.333. The molecule has 0 atom stereocenters. The van der Waals surface area contributed by atoms with Gasteiger partial charge in [-0.25, -0.2) is 4.79 Å². The summed E-state index contributed by atoms with van der Waals surface area (Å²) in [5.41, 5.74) is 0.825. The van der Waals surface area contributed by atoms with Crippen molar-refractivity contribution in [3.05, 3.63) is 34.3 Å². The Bertz CT molecular complexity index is 648. The Morgan fingerprint density at radius 3 is 2.88 bits per heavy atom. The van der Waals surface area contributed by atoms with Gasteiger partial charge in [0, 0.05) is 5.56 Å². The second kappa shape index (κ2) is 3.30. The first-order chi connectivity index (χ1) is 8.14. The average molecular weight is 233 g/mol. The number of benzene rings is 1. The largest absolute Gasteiger partial charge is 0.417 e. The third kappa shape index (κ3) is 1.51. The molecule has 5 nitrogen and oxygen atoms in total. The van der Waals surface area contributed by atoms with Crippen molar-refractivity contribution in [2.24, 2.45) is 5.41 Å². The Balaban J connectivity index is 2.06. The topological polar surface area (TPSA) is 83.3 Å². The van der Waals surface area contributed by atoms with E-state index in [1.165, 1.54) is 0 Å². The summed E-state index contributed by atoms with van der Waals surface area (Å²) in [4.78, 5) is 25.6. The quantitative estimate of drug-likeness (QED) is 0.777. The van der Waals surface area contributed by atoms with E-state index in [2.05, 4.69) is 4.98 Å². The second-order valence-electron chi connectivity index (χ2n) is 4.49. The minimum Gasteiger partial charge on any atom is -0.408 e. The standard InChI is InChI=1S/C12H11NO4/c14-6-12(3-4-12)10(15)7-1-2-8-9(5-7)17-11(16)13-8/h1-2,5,14H,3-4,6H2,(H,13,16). The van der Waals surface area contributed by atoms with Crippen molar-refractivity contribution in [1.29, 1.82) is 0 Å². The van der Waals surface area contributed by atoms with Gasteiger partial charge in [-0.2, -0.15) is 0 Å². The van der Waals surface area contributed by atoms with Crippen LogP contribution in [0.2, 0.25) is 0 Å². The number of aliphatic hydroxyl groups excluding tert-OH is 1. The number of carbonyl (C=O) groups excluding carboxylic acids is 1. The number of aromatic amines is 1. The molecule has 1 aliphatic rings. The molecule has 2 N–H and O–H groups in total. The number of hydrogen-bond donors (Lipinski definition) is 2. The van der Waals surface area contributed by atoms with Gasteiger partial charge in [0.05, 0.1) is 17.5 Å². The lowest BCUT2D eigenvalue weighted by molar-refractivity contribution is 0.0829. The molecule has 1 saturated carbocycles. The van der Waals surface area contributed by atoms with Gasteiger partial charge in [-0.05, 0) is 31.0 Å². The fourth-order valence-electron chi connectivity index (χ4n) is 2.00. The lowest BCUT2D eigenvalue weighted by atomic mass is 9.95. The van der Waals surface area contributed by atoms with Crippen molar-refractivity contribution in [1.82, 2.24) is 4.98 Å². The molecule has 88 valence electrons. The number of H-pyrrole nitrogens is 1. The molecule has 3 rings (SSSR count). The molecule has 1 fully saturated rings. The second-order valence-corrected chi connectivity index (χ2v) is 4.49. The van der Waals surface area contributed by atoms with Crippen LogP contribution in [0.1, 0.15) is 23.2 Å². The number of rotatable bonds is 3. The van der Waals surface area contributed by atoms with Crippen LogP contribution in [0.25, 0.3) is 11.1 Å². The summed E-state index contributed by atoms with van der Waals surface area (Å²) in [6, 6.07) is 4.83. The van der Waals surface area contributed by atoms with E-state index in [4.69, 9.17) is 4.42 Å². The molecule has 1 aromatic heterocycles. The van der Waals surface area contributed by atoms with Crippen molar-refractivity contribution in [3.63, 3.8) is 0 Å². The molecule has 0 aliphatic heterocycles. The van der Waals surface area contributed by atoms with Crippen LogP contribution in [-0.2, 0) is 0 Å². The minimum absolute atomic E-state index is 0.0780. The van der Waals surface area contributed by atoms with Gasteiger partial charge < -0.3 is 9.52 Å². The molecule has 1 aromatic carbocycles. The predicted molar refractivity (Wildman–Crippen MR) is 59.9 cm³/mol. The van der Waals surface area contributed by atoms with Crippen molar-refractivity contribution in [3.8, 4) is 0 Å². The lowest BCUT2D eigenvalue weighted by Crippen LogP contribution is -2.19. The Morgan fingerprint density at radius 2 is 2.24 bits per heavy atom.